The van der Waals surface area contributed by atoms with Crippen molar-refractivity contribution in [1.29, 1.82) is 0 Å². The number of carbonyl (C=O) groups excluding carboxylic acids is 2. The summed E-state index contributed by atoms with van der Waals surface area (Å²) in [6, 6.07) is 12.0. The maximum Gasteiger partial charge on any atom is 0.243 e. The van der Waals surface area contributed by atoms with Gasteiger partial charge in [0.25, 0.3) is 0 Å². The Morgan fingerprint density at radius 3 is 2.50 bits per heavy atom. The molecule has 1 N–H and O–H groups in total. The van der Waals surface area contributed by atoms with Crippen molar-refractivity contribution in [3.8, 4) is 5.75 Å². The smallest absolute Gasteiger partial charge is 0.243 e. The molecular weight excluding hydrogens is 454 g/mol. The van der Waals surface area contributed by atoms with Crippen LogP contribution in [0.2, 0.25) is 0 Å². The first-order valence-corrected chi connectivity index (χ1v) is 13.1. The Kier molecular flexibility index (Phi) is 7.23. The van der Waals surface area contributed by atoms with E-state index in [0.29, 0.717) is 31.1 Å². The number of benzene rings is 2. The van der Waals surface area contributed by atoms with Crippen molar-refractivity contribution >= 4 is 27.5 Å². The predicted molar refractivity (Wildman–Crippen MR) is 129 cm³/mol. The van der Waals surface area contributed by atoms with E-state index >= 15 is 0 Å². The average molecular weight is 486 g/mol. The molecule has 34 heavy (non-hydrogen) atoms. The standard InChI is InChI=1S/C25H31N3O5S/c1-18(29)28-15-12-19-8-4-5-9-21(19)23(28)17-25(30)26-22-16-20(10-11-24(22)33-2)34(31,32)27-13-6-3-7-14-27/h4-5,8-11,16,23H,3,6-7,12-15,17H2,1-2H3,(H,26,30). The second-order valence-electron chi connectivity index (χ2n) is 8.76. The van der Waals surface area contributed by atoms with Gasteiger partial charge in [0.05, 0.1) is 30.2 Å². The molecular formula is C25H31N3O5S. The summed E-state index contributed by atoms with van der Waals surface area (Å²) in [5, 5.41) is 2.83. The van der Waals surface area contributed by atoms with Crippen molar-refractivity contribution in [2.75, 3.05) is 32.1 Å². The van der Waals surface area contributed by atoms with E-state index in [-0.39, 0.29) is 29.2 Å². The number of amides is 2. The molecule has 0 aromatic heterocycles. The number of piperidine rings is 1. The Bertz CT molecular complexity index is 1170. The fourth-order valence-corrected chi connectivity index (χ4v) is 6.37. The number of hydrogen-bond acceptors (Lipinski definition) is 5. The van der Waals surface area contributed by atoms with Crippen LogP contribution in [0.3, 0.4) is 0 Å². The van der Waals surface area contributed by atoms with E-state index in [9.17, 15) is 18.0 Å². The van der Waals surface area contributed by atoms with Crippen LogP contribution in [-0.4, -0.2) is 56.2 Å². The van der Waals surface area contributed by atoms with Gasteiger partial charge < -0.3 is 15.0 Å². The molecule has 2 heterocycles. The topological polar surface area (TPSA) is 96.0 Å². The Hall–Kier alpha value is -2.91. The fraction of sp³-hybridized carbons (Fsp3) is 0.440. The predicted octanol–water partition coefficient (Wildman–Crippen LogP) is 3.34. The summed E-state index contributed by atoms with van der Waals surface area (Å²) in [6.45, 7) is 3.06. The summed E-state index contributed by atoms with van der Waals surface area (Å²) < 4.78 is 33.1. The summed E-state index contributed by atoms with van der Waals surface area (Å²) >= 11 is 0. The van der Waals surface area contributed by atoms with E-state index in [1.165, 1.54) is 30.5 Å². The summed E-state index contributed by atoms with van der Waals surface area (Å²) in [5.74, 6) is -0.0308. The molecule has 2 aromatic carbocycles. The van der Waals surface area contributed by atoms with Crippen molar-refractivity contribution in [3.05, 3.63) is 53.6 Å². The van der Waals surface area contributed by atoms with Gasteiger partial charge in [-0.1, -0.05) is 30.7 Å². The number of ether oxygens (including phenoxy) is 1. The van der Waals surface area contributed by atoms with Crippen LogP contribution in [0.25, 0.3) is 0 Å². The highest BCUT2D eigenvalue weighted by atomic mass is 32.2. The number of anilines is 1. The molecule has 0 aliphatic carbocycles. The quantitative estimate of drug-likeness (QED) is 0.677. The summed E-state index contributed by atoms with van der Waals surface area (Å²) in [6.07, 6.45) is 3.52. The van der Waals surface area contributed by atoms with E-state index in [1.807, 2.05) is 24.3 Å². The highest BCUT2D eigenvalue weighted by Gasteiger charge is 2.31. The monoisotopic (exact) mass is 485 g/mol. The van der Waals surface area contributed by atoms with Crippen LogP contribution in [0.15, 0.2) is 47.4 Å². The fourth-order valence-electron chi connectivity index (χ4n) is 4.83. The van der Waals surface area contributed by atoms with Crippen molar-refractivity contribution in [2.45, 2.75) is 50.0 Å². The summed E-state index contributed by atoms with van der Waals surface area (Å²) in [5.41, 5.74) is 2.39. The van der Waals surface area contributed by atoms with E-state index in [0.717, 1.165) is 36.8 Å². The van der Waals surface area contributed by atoms with Gasteiger partial charge in [0, 0.05) is 26.6 Å². The number of sulfonamides is 1. The number of nitrogens with one attached hydrogen (secondary N) is 1. The van der Waals surface area contributed by atoms with Gasteiger partial charge in [-0.3, -0.25) is 9.59 Å². The molecule has 1 saturated heterocycles. The van der Waals surface area contributed by atoms with Gasteiger partial charge in [0.1, 0.15) is 5.75 Å². The Labute approximate surface area is 200 Å². The largest absolute Gasteiger partial charge is 0.495 e. The normalized spacial score (nSPS) is 18.8. The maximum atomic E-state index is 13.1. The lowest BCUT2D eigenvalue weighted by molar-refractivity contribution is -0.132. The molecule has 8 nitrogen and oxygen atoms in total. The third-order valence-electron chi connectivity index (χ3n) is 6.59. The van der Waals surface area contributed by atoms with Gasteiger partial charge >= 0.3 is 0 Å². The Balaban J connectivity index is 1.58. The minimum atomic E-state index is -3.66. The first kappa shape index (κ1) is 24.2. The van der Waals surface area contributed by atoms with Crippen LogP contribution in [0, 0.1) is 0 Å². The van der Waals surface area contributed by atoms with Crippen molar-refractivity contribution < 1.29 is 22.7 Å². The lowest BCUT2D eigenvalue weighted by atomic mass is 9.90. The molecule has 9 heteroatoms. The van der Waals surface area contributed by atoms with E-state index in [4.69, 9.17) is 4.74 Å². The zero-order valence-corrected chi connectivity index (χ0v) is 20.4. The van der Waals surface area contributed by atoms with E-state index < -0.39 is 10.0 Å². The average Bonchev–Trinajstić information content (AvgIpc) is 2.84. The molecule has 0 spiro atoms. The first-order valence-electron chi connectivity index (χ1n) is 11.6. The lowest BCUT2D eigenvalue weighted by Gasteiger charge is -2.36. The molecule has 2 aromatic rings. The SMILES string of the molecule is COc1ccc(S(=O)(=O)N2CCCCC2)cc1NC(=O)CC1c2ccccc2CCN1C(C)=O. The van der Waals surface area contributed by atoms with Crippen LogP contribution in [0.5, 0.6) is 5.75 Å². The zero-order valence-electron chi connectivity index (χ0n) is 19.6. The highest BCUT2D eigenvalue weighted by molar-refractivity contribution is 7.89. The Morgan fingerprint density at radius 1 is 1.06 bits per heavy atom. The zero-order chi connectivity index (χ0) is 24.3. The Morgan fingerprint density at radius 2 is 1.79 bits per heavy atom. The minimum Gasteiger partial charge on any atom is -0.495 e. The van der Waals surface area contributed by atoms with E-state index in [1.54, 1.807) is 11.0 Å². The maximum absolute atomic E-state index is 13.1. The molecule has 1 unspecified atom stereocenters. The van der Waals surface area contributed by atoms with Gasteiger partial charge in [-0.15, -0.1) is 0 Å². The first-order chi connectivity index (χ1) is 16.3. The number of fused-ring (bicyclic) bond motifs is 1. The number of carbonyl (C=O) groups is 2. The molecule has 2 amide bonds. The molecule has 0 saturated carbocycles. The van der Waals surface area contributed by atoms with Crippen LogP contribution in [-0.2, 0) is 26.0 Å². The summed E-state index contributed by atoms with van der Waals surface area (Å²) in [4.78, 5) is 27.2. The third kappa shape index (κ3) is 4.95. The molecule has 2 aliphatic rings. The van der Waals surface area contributed by atoms with Crippen molar-refractivity contribution in [1.82, 2.24) is 9.21 Å². The number of methoxy groups -OCH3 is 1. The summed E-state index contributed by atoms with van der Waals surface area (Å²) in [7, 11) is -2.19. The highest BCUT2D eigenvalue weighted by Crippen LogP contribution is 2.34. The lowest BCUT2D eigenvalue weighted by Crippen LogP contribution is -2.40. The number of nitrogens with zero attached hydrogens (tertiary/aromatic N) is 2. The van der Waals surface area contributed by atoms with Crippen LogP contribution in [0.4, 0.5) is 5.69 Å². The van der Waals surface area contributed by atoms with Crippen molar-refractivity contribution in [3.63, 3.8) is 0 Å². The molecule has 0 bridgehead atoms. The minimum absolute atomic E-state index is 0.0584. The molecule has 182 valence electrons. The van der Waals surface area contributed by atoms with Gasteiger partial charge in [-0.2, -0.15) is 4.31 Å². The second-order valence-corrected chi connectivity index (χ2v) is 10.7. The van der Waals surface area contributed by atoms with Crippen LogP contribution >= 0.6 is 0 Å². The molecule has 1 atom stereocenters. The third-order valence-corrected chi connectivity index (χ3v) is 8.49. The van der Waals surface area contributed by atoms with Crippen LogP contribution in [0.1, 0.15) is 49.8 Å². The van der Waals surface area contributed by atoms with Gasteiger partial charge in [0.2, 0.25) is 21.8 Å². The molecule has 2 aliphatic heterocycles. The number of hydrogen-bond donors (Lipinski definition) is 1. The number of rotatable bonds is 6. The van der Waals surface area contributed by atoms with Crippen LogP contribution < -0.4 is 10.1 Å². The van der Waals surface area contributed by atoms with Gasteiger partial charge in [-0.05, 0) is 48.6 Å². The molecule has 1 fully saturated rings. The van der Waals surface area contributed by atoms with Gasteiger partial charge in [0.15, 0.2) is 0 Å². The second kappa shape index (κ2) is 10.1. The van der Waals surface area contributed by atoms with Crippen molar-refractivity contribution in [2.24, 2.45) is 0 Å². The molecule has 4 rings (SSSR count). The molecule has 0 radical (unpaired) electrons. The van der Waals surface area contributed by atoms with Gasteiger partial charge in [-0.25, -0.2) is 8.42 Å². The van der Waals surface area contributed by atoms with E-state index in [2.05, 4.69) is 5.32 Å².